The summed E-state index contributed by atoms with van der Waals surface area (Å²) in [6, 6.07) is 5.01. The zero-order valence-electron chi connectivity index (χ0n) is 13.8. The summed E-state index contributed by atoms with van der Waals surface area (Å²) in [4.78, 5) is 11.6. The summed E-state index contributed by atoms with van der Waals surface area (Å²) in [7, 11) is -0.767. The minimum absolute atomic E-state index is 0.00698. The van der Waals surface area contributed by atoms with E-state index in [4.69, 9.17) is 18.5 Å². The molecule has 0 spiro atoms. The molecule has 1 unspecified atom stereocenters. The molecule has 0 saturated heterocycles. The Morgan fingerprint density at radius 2 is 1.70 bits per heavy atom. The Kier molecular flexibility index (Phi) is 7.55. The molecule has 1 N–H and O–H groups in total. The molecule has 0 saturated carbocycles. The first-order valence-corrected chi connectivity index (χ1v) is 8.85. The summed E-state index contributed by atoms with van der Waals surface area (Å²) in [6.45, 7) is 3.49. The van der Waals surface area contributed by atoms with E-state index in [9.17, 15) is 14.5 Å². The van der Waals surface area contributed by atoms with Crippen molar-refractivity contribution in [3.05, 3.63) is 23.8 Å². The van der Waals surface area contributed by atoms with Gasteiger partial charge in [-0.3, -0.25) is 9.36 Å². The fourth-order valence-corrected chi connectivity index (χ4v) is 4.00. The van der Waals surface area contributed by atoms with Crippen LogP contribution >= 0.6 is 7.60 Å². The SMILES string of the molecule is CCOP(=O)(OCC)C(Cc1ccc(OC)c(OC)c1)C(=O)O. The third-order valence-electron chi connectivity index (χ3n) is 3.16. The van der Waals surface area contributed by atoms with Gasteiger partial charge in [-0.05, 0) is 38.0 Å². The Hall–Kier alpha value is -1.56. The molecule has 1 aromatic carbocycles. The van der Waals surface area contributed by atoms with Crippen molar-refractivity contribution < 1.29 is 33.0 Å². The van der Waals surface area contributed by atoms with Gasteiger partial charge in [0.15, 0.2) is 17.2 Å². The van der Waals surface area contributed by atoms with Crippen LogP contribution in [0.5, 0.6) is 11.5 Å². The number of hydrogen-bond donors (Lipinski definition) is 1. The maximum absolute atomic E-state index is 12.8. The number of carboxylic acids is 1. The van der Waals surface area contributed by atoms with Gasteiger partial charge in [0.1, 0.15) is 0 Å². The van der Waals surface area contributed by atoms with Gasteiger partial charge in [0.25, 0.3) is 0 Å². The highest BCUT2D eigenvalue weighted by atomic mass is 31.2. The van der Waals surface area contributed by atoms with Crippen molar-refractivity contribution in [3.63, 3.8) is 0 Å². The Labute approximate surface area is 136 Å². The second-order valence-electron chi connectivity index (χ2n) is 4.62. The lowest BCUT2D eigenvalue weighted by Gasteiger charge is -2.23. The molecule has 1 rings (SSSR count). The quantitative estimate of drug-likeness (QED) is 0.651. The van der Waals surface area contributed by atoms with Crippen LogP contribution in [0.1, 0.15) is 19.4 Å². The Morgan fingerprint density at radius 1 is 1.13 bits per heavy atom. The molecule has 0 aromatic heterocycles. The van der Waals surface area contributed by atoms with E-state index in [0.29, 0.717) is 17.1 Å². The average molecular weight is 346 g/mol. The number of ether oxygens (including phenoxy) is 2. The minimum Gasteiger partial charge on any atom is -0.493 e. The second-order valence-corrected chi connectivity index (χ2v) is 6.84. The Morgan fingerprint density at radius 3 is 2.13 bits per heavy atom. The van der Waals surface area contributed by atoms with Crippen molar-refractivity contribution in [2.75, 3.05) is 27.4 Å². The van der Waals surface area contributed by atoms with Crippen LogP contribution in [0, 0.1) is 0 Å². The van der Waals surface area contributed by atoms with E-state index in [-0.39, 0.29) is 19.6 Å². The molecular formula is C15H23O7P. The molecule has 1 aromatic rings. The predicted molar refractivity (Wildman–Crippen MR) is 85.5 cm³/mol. The molecule has 0 heterocycles. The summed E-state index contributed by atoms with van der Waals surface area (Å²) in [5.74, 6) is -0.234. The van der Waals surface area contributed by atoms with E-state index in [0.717, 1.165) is 0 Å². The van der Waals surface area contributed by atoms with Crippen molar-refractivity contribution in [3.8, 4) is 11.5 Å². The fourth-order valence-electron chi connectivity index (χ4n) is 2.14. The summed E-state index contributed by atoms with van der Waals surface area (Å²) in [6.07, 6.45) is -0.00698. The number of benzene rings is 1. The number of carbonyl (C=O) groups is 1. The van der Waals surface area contributed by atoms with Crippen molar-refractivity contribution in [1.82, 2.24) is 0 Å². The van der Waals surface area contributed by atoms with Gasteiger partial charge in [0.05, 0.1) is 27.4 Å². The molecular weight excluding hydrogens is 323 g/mol. The van der Waals surface area contributed by atoms with Gasteiger partial charge < -0.3 is 23.6 Å². The van der Waals surface area contributed by atoms with Crippen molar-refractivity contribution in [1.29, 1.82) is 0 Å². The Bertz CT molecular complexity index is 563. The van der Waals surface area contributed by atoms with Gasteiger partial charge in [-0.1, -0.05) is 6.07 Å². The number of carboxylic acid groups (broad SMARTS) is 1. The molecule has 0 aliphatic rings. The first kappa shape index (κ1) is 19.5. The molecule has 8 heteroatoms. The van der Waals surface area contributed by atoms with Crippen LogP contribution in [0.25, 0.3) is 0 Å². The van der Waals surface area contributed by atoms with Crippen molar-refractivity contribution >= 4 is 13.6 Å². The highest BCUT2D eigenvalue weighted by Crippen LogP contribution is 2.54. The molecule has 130 valence electrons. The van der Waals surface area contributed by atoms with E-state index >= 15 is 0 Å². The van der Waals surface area contributed by atoms with E-state index < -0.39 is 19.2 Å². The highest BCUT2D eigenvalue weighted by molar-refractivity contribution is 7.55. The summed E-state index contributed by atoms with van der Waals surface area (Å²) in [5, 5.41) is 9.46. The molecule has 0 fully saturated rings. The van der Waals surface area contributed by atoms with Crippen molar-refractivity contribution in [2.24, 2.45) is 0 Å². The van der Waals surface area contributed by atoms with Crippen molar-refractivity contribution in [2.45, 2.75) is 25.9 Å². The molecule has 23 heavy (non-hydrogen) atoms. The standard InChI is InChI=1S/C15H23O7P/c1-5-21-23(18,22-6-2)14(15(16)17)10-11-7-8-12(19-3)13(9-11)20-4/h7-9,14H,5-6,10H2,1-4H3,(H,16,17). The highest BCUT2D eigenvalue weighted by Gasteiger charge is 2.41. The van der Waals surface area contributed by atoms with Crippen LogP contribution in [0.4, 0.5) is 0 Å². The first-order chi connectivity index (χ1) is 10.9. The normalized spacial score (nSPS) is 12.7. The van der Waals surface area contributed by atoms with E-state index in [2.05, 4.69) is 0 Å². The number of methoxy groups -OCH3 is 2. The van der Waals surface area contributed by atoms with Crippen LogP contribution < -0.4 is 9.47 Å². The fraction of sp³-hybridized carbons (Fsp3) is 0.533. The predicted octanol–water partition coefficient (Wildman–Crippen LogP) is 2.97. The lowest BCUT2D eigenvalue weighted by atomic mass is 10.1. The third-order valence-corrected chi connectivity index (χ3v) is 5.56. The monoisotopic (exact) mass is 346 g/mol. The van der Waals surface area contributed by atoms with Crippen LogP contribution in [-0.4, -0.2) is 44.2 Å². The molecule has 0 aliphatic carbocycles. The minimum atomic E-state index is -3.77. The number of hydrogen-bond acceptors (Lipinski definition) is 6. The molecule has 7 nitrogen and oxygen atoms in total. The van der Waals surface area contributed by atoms with Gasteiger partial charge in [-0.25, -0.2) is 0 Å². The van der Waals surface area contributed by atoms with E-state index in [1.54, 1.807) is 32.0 Å². The van der Waals surface area contributed by atoms with Gasteiger partial charge in [0.2, 0.25) is 0 Å². The van der Waals surface area contributed by atoms with Gasteiger partial charge >= 0.3 is 13.6 Å². The molecule has 0 radical (unpaired) electrons. The van der Waals surface area contributed by atoms with E-state index in [1.165, 1.54) is 14.2 Å². The molecule has 0 bridgehead atoms. The molecule has 1 atom stereocenters. The number of rotatable bonds is 10. The summed E-state index contributed by atoms with van der Waals surface area (Å²) >= 11 is 0. The van der Waals surface area contributed by atoms with Gasteiger partial charge in [-0.15, -0.1) is 0 Å². The smallest absolute Gasteiger partial charge is 0.345 e. The molecule has 0 aliphatic heterocycles. The van der Waals surface area contributed by atoms with Crippen LogP contribution in [0.2, 0.25) is 0 Å². The summed E-state index contributed by atoms with van der Waals surface area (Å²) < 4.78 is 33.4. The Balaban J connectivity index is 3.13. The number of aliphatic carboxylic acids is 1. The van der Waals surface area contributed by atoms with Crippen LogP contribution in [0.15, 0.2) is 18.2 Å². The first-order valence-electron chi connectivity index (χ1n) is 7.24. The lowest BCUT2D eigenvalue weighted by molar-refractivity contribution is -0.137. The van der Waals surface area contributed by atoms with Crippen LogP contribution in [-0.2, 0) is 24.8 Å². The molecule has 0 amide bonds. The second kappa shape index (κ2) is 8.91. The average Bonchev–Trinajstić information content (AvgIpc) is 2.52. The van der Waals surface area contributed by atoms with Gasteiger partial charge in [-0.2, -0.15) is 0 Å². The maximum atomic E-state index is 12.8. The van der Waals surface area contributed by atoms with Gasteiger partial charge in [0, 0.05) is 0 Å². The maximum Gasteiger partial charge on any atom is 0.345 e. The van der Waals surface area contributed by atoms with E-state index in [1.807, 2.05) is 0 Å². The summed E-state index contributed by atoms with van der Waals surface area (Å²) in [5.41, 5.74) is -0.657. The van der Waals surface area contributed by atoms with Crippen LogP contribution in [0.3, 0.4) is 0 Å². The lowest BCUT2D eigenvalue weighted by Crippen LogP contribution is -2.25. The third kappa shape index (κ3) is 4.96. The zero-order chi connectivity index (χ0) is 17.5. The largest absolute Gasteiger partial charge is 0.493 e. The zero-order valence-corrected chi connectivity index (χ0v) is 14.7. The topological polar surface area (TPSA) is 91.3 Å².